The van der Waals surface area contributed by atoms with Crippen LogP contribution in [0, 0.1) is 12.3 Å². The first-order chi connectivity index (χ1) is 12.6. The van der Waals surface area contributed by atoms with Gasteiger partial charge in [-0.2, -0.15) is 0 Å². The maximum absolute atomic E-state index is 10.5. The van der Waals surface area contributed by atoms with Gasteiger partial charge in [0, 0.05) is 10.4 Å². The molecule has 4 rings (SSSR count). The van der Waals surface area contributed by atoms with Gasteiger partial charge in [-0.3, -0.25) is 5.41 Å². The van der Waals surface area contributed by atoms with E-state index in [1.165, 1.54) is 11.3 Å². The second-order valence-corrected chi connectivity index (χ2v) is 7.24. The normalized spacial score (nSPS) is 14.3. The first kappa shape index (κ1) is 16.4. The van der Waals surface area contributed by atoms with Crippen LogP contribution in [0.15, 0.2) is 60.4 Å². The molecule has 0 aliphatic carbocycles. The summed E-state index contributed by atoms with van der Waals surface area (Å²) in [5, 5.41) is 29.7. The minimum Gasteiger partial charge on any atom is -0.510 e. The van der Waals surface area contributed by atoms with Crippen LogP contribution in [-0.4, -0.2) is 27.6 Å². The molecule has 26 heavy (non-hydrogen) atoms. The van der Waals surface area contributed by atoms with Gasteiger partial charge in [0.15, 0.2) is 0 Å². The molecule has 0 radical (unpaired) electrons. The fraction of sp³-hybridized carbons (Fsp3) is 0.100. The fourth-order valence-corrected chi connectivity index (χ4v) is 4.07. The number of nitrogens with one attached hydrogen (secondary N) is 1. The highest BCUT2D eigenvalue weighted by atomic mass is 32.1. The third-order valence-corrected chi connectivity index (χ3v) is 5.32. The molecule has 3 N–H and O–H groups in total. The molecule has 0 saturated carbocycles. The molecule has 5 nitrogen and oxygen atoms in total. The predicted octanol–water partition coefficient (Wildman–Crippen LogP) is 4.59. The van der Waals surface area contributed by atoms with E-state index in [0.717, 1.165) is 16.1 Å². The number of anilines is 1. The summed E-state index contributed by atoms with van der Waals surface area (Å²) >= 11 is 1.46. The summed E-state index contributed by atoms with van der Waals surface area (Å²) in [6.45, 7) is 2.13. The second kappa shape index (κ2) is 6.31. The van der Waals surface area contributed by atoms with Crippen LogP contribution in [0.4, 0.5) is 5.69 Å². The largest absolute Gasteiger partial charge is 0.510 e. The van der Waals surface area contributed by atoms with Gasteiger partial charge < -0.3 is 15.1 Å². The van der Waals surface area contributed by atoms with E-state index in [-0.39, 0.29) is 23.9 Å². The van der Waals surface area contributed by atoms with Gasteiger partial charge in [-0.1, -0.05) is 42.5 Å². The Morgan fingerprint density at radius 1 is 1.04 bits per heavy atom. The van der Waals surface area contributed by atoms with Crippen LogP contribution in [0.5, 0.6) is 5.75 Å². The lowest BCUT2D eigenvalue weighted by molar-refractivity contribution is 0.411. The van der Waals surface area contributed by atoms with Crippen molar-refractivity contribution in [3.05, 3.63) is 70.2 Å². The van der Waals surface area contributed by atoms with Gasteiger partial charge in [0.05, 0.1) is 23.5 Å². The number of aromatic nitrogens is 1. The lowest BCUT2D eigenvalue weighted by atomic mass is 10.1. The number of rotatable bonds is 3. The molecular weight excluding hydrogens is 346 g/mol. The van der Waals surface area contributed by atoms with E-state index < -0.39 is 0 Å². The Hall–Kier alpha value is -3.12. The highest BCUT2D eigenvalue weighted by Crippen LogP contribution is 2.38. The monoisotopic (exact) mass is 363 g/mol. The number of hydrogen-bond donors (Lipinski definition) is 3. The molecule has 0 spiro atoms. The van der Waals surface area contributed by atoms with Crippen LogP contribution in [0.1, 0.15) is 9.88 Å². The van der Waals surface area contributed by atoms with Gasteiger partial charge in [-0.05, 0) is 19.1 Å². The number of hydrogen-bond acceptors (Lipinski definition) is 5. The molecule has 0 amide bonds. The number of phenolic OH excluding ortho intramolecular Hbond substituents is 1. The van der Waals surface area contributed by atoms with Crippen molar-refractivity contribution < 1.29 is 10.2 Å². The average molecular weight is 363 g/mol. The minimum absolute atomic E-state index is 0.0755. The highest BCUT2D eigenvalue weighted by molar-refractivity contribution is 7.13. The van der Waals surface area contributed by atoms with Crippen molar-refractivity contribution in [3.8, 4) is 17.0 Å². The Kier molecular flexibility index (Phi) is 3.97. The molecule has 0 bridgehead atoms. The number of aliphatic hydroxyl groups excluding tert-OH is 1. The van der Waals surface area contributed by atoms with Crippen molar-refractivity contribution in [2.45, 2.75) is 6.92 Å². The summed E-state index contributed by atoms with van der Waals surface area (Å²) in [6.07, 6.45) is 0. The second-order valence-electron chi connectivity index (χ2n) is 6.03. The van der Waals surface area contributed by atoms with E-state index in [0.29, 0.717) is 16.3 Å². The van der Waals surface area contributed by atoms with Gasteiger partial charge in [-0.25, -0.2) is 4.98 Å². The molecule has 0 saturated heterocycles. The molecule has 6 heteroatoms. The topological polar surface area (TPSA) is 80.4 Å². The Bertz CT molecular complexity index is 1020. The molecule has 1 aromatic heterocycles. The molecule has 2 heterocycles. The number of para-hydroxylation sites is 2. The summed E-state index contributed by atoms with van der Waals surface area (Å²) in [4.78, 5) is 7.29. The van der Waals surface area contributed by atoms with Crippen LogP contribution >= 0.6 is 11.3 Å². The minimum atomic E-state index is 0.0755. The lowest BCUT2D eigenvalue weighted by Crippen LogP contribution is -2.26. The molecule has 0 fully saturated rings. The van der Waals surface area contributed by atoms with Crippen molar-refractivity contribution in [1.82, 2.24) is 4.98 Å². The molecule has 2 aromatic carbocycles. The fourth-order valence-electron chi connectivity index (χ4n) is 3.07. The smallest absolute Gasteiger partial charge is 0.139 e. The number of aryl methyl sites for hydroxylation is 1. The molecular formula is C20H17N3O2S. The first-order valence-electron chi connectivity index (χ1n) is 8.16. The van der Waals surface area contributed by atoms with E-state index in [1.807, 2.05) is 37.3 Å². The number of thiazole rings is 1. The van der Waals surface area contributed by atoms with Gasteiger partial charge in [0.1, 0.15) is 22.4 Å². The Labute approximate surface area is 155 Å². The summed E-state index contributed by atoms with van der Waals surface area (Å²) in [5.74, 6) is 0.301. The maximum Gasteiger partial charge on any atom is 0.139 e. The number of amidine groups is 1. The van der Waals surface area contributed by atoms with Crippen molar-refractivity contribution in [2.24, 2.45) is 0 Å². The summed E-state index contributed by atoms with van der Waals surface area (Å²) < 4.78 is 0. The Morgan fingerprint density at radius 3 is 2.46 bits per heavy atom. The van der Waals surface area contributed by atoms with E-state index in [9.17, 15) is 10.2 Å². The Balaban J connectivity index is 1.72. The van der Waals surface area contributed by atoms with Crippen LogP contribution in [0.3, 0.4) is 0 Å². The molecule has 0 unspecified atom stereocenters. The van der Waals surface area contributed by atoms with Gasteiger partial charge in [0.25, 0.3) is 0 Å². The number of nitrogens with zero attached hydrogens (tertiary/aromatic N) is 2. The zero-order valence-corrected chi connectivity index (χ0v) is 14.9. The van der Waals surface area contributed by atoms with Gasteiger partial charge in [0.2, 0.25) is 0 Å². The summed E-state index contributed by atoms with van der Waals surface area (Å²) in [6, 6.07) is 16.7. The summed E-state index contributed by atoms with van der Waals surface area (Å²) in [7, 11) is 0. The number of phenols is 1. The number of benzene rings is 2. The molecule has 0 atom stereocenters. The van der Waals surface area contributed by atoms with Crippen molar-refractivity contribution in [2.75, 3.05) is 11.4 Å². The van der Waals surface area contributed by atoms with Crippen LogP contribution in [0.2, 0.25) is 0 Å². The number of aliphatic hydroxyl groups is 1. The zero-order valence-electron chi connectivity index (χ0n) is 14.1. The van der Waals surface area contributed by atoms with Crippen molar-refractivity contribution >= 4 is 28.4 Å². The van der Waals surface area contributed by atoms with Crippen molar-refractivity contribution in [3.63, 3.8) is 0 Å². The van der Waals surface area contributed by atoms with Crippen LogP contribution < -0.4 is 4.90 Å². The van der Waals surface area contributed by atoms with Gasteiger partial charge in [-0.15, -0.1) is 11.3 Å². The molecule has 1 aliphatic heterocycles. The number of aromatic hydroxyl groups is 1. The predicted molar refractivity (Wildman–Crippen MR) is 105 cm³/mol. The highest BCUT2D eigenvalue weighted by Gasteiger charge is 2.32. The van der Waals surface area contributed by atoms with Crippen LogP contribution in [-0.2, 0) is 0 Å². The Morgan fingerprint density at radius 2 is 1.73 bits per heavy atom. The van der Waals surface area contributed by atoms with Gasteiger partial charge >= 0.3 is 0 Å². The van der Waals surface area contributed by atoms with E-state index in [4.69, 9.17) is 5.41 Å². The lowest BCUT2D eigenvalue weighted by Gasteiger charge is -2.19. The third kappa shape index (κ3) is 2.64. The third-order valence-electron chi connectivity index (χ3n) is 4.33. The molecule has 130 valence electrons. The first-order valence-corrected chi connectivity index (χ1v) is 8.97. The van der Waals surface area contributed by atoms with E-state index >= 15 is 0 Å². The van der Waals surface area contributed by atoms with E-state index in [1.54, 1.807) is 29.2 Å². The quantitative estimate of drug-likeness (QED) is 0.636. The standard InChI is InChI=1S/C20H17N3O2S/c1-12-18(13-7-3-2-4-8-13)22-20(26-12)17-16(25)11-23(19(17)21)14-9-5-6-10-15(14)24/h2-10,21,24-25H,11H2,1H3. The zero-order chi connectivity index (χ0) is 18.3. The molecule has 1 aliphatic rings. The molecule has 3 aromatic rings. The van der Waals surface area contributed by atoms with E-state index in [2.05, 4.69) is 4.98 Å². The summed E-state index contributed by atoms with van der Waals surface area (Å²) in [5.41, 5.74) is 2.79. The van der Waals surface area contributed by atoms with Crippen molar-refractivity contribution in [1.29, 1.82) is 5.41 Å². The maximum atomic E-state index is 10.5. The van der Waals surface area contributed by atoms with Crippen LogP contribution in [0.25, 0.3) is 16.8 Å². The SMILES string of the molecule is Cc1sc(C2=C(O)CN(c3ccccc3O)C2=N)nc1-c1ccccc1. The average Bonchev–Trinajstić information content (AvgIpc) is 3.15.